The van der Waals surface area contributed by atoms with Crippen LogP contribution >= 0.6 is 15.9 Å². The third-order valence-corrected chi connectivity index (χ3v) is 11.4. The molecule has 0 saturated carbocycles. The van der Waals surface area contributed by atoms with Crippen LogP contribution in [0.15, 0.2) is 144 Å². The monoisotopic (exact) mass is 636 g/mol. The van der Waals surface area contributed by atoms with Gasteiger partial charge in [-0.15, -0.1) is 0 Å². The van der Waals surface area contributed by atoms with Gasteiger partial charge in [-0.25, -0.2) is 0 Å². The second kappa shape index (κ2) is 8.71. The van der Waals surface area contributed by atoms with E-state index in [1.54, 1.807) is 0 Å². The van der Waals surface area contributed by atoms with Gasteiger partial charge in [0, 0.05) is 9.89 Å². The van der Waals surface area contributed by atoms with Crippen molar-refractivity contribution in [2.45, 2.75) is 24.7 Å². The summed E-state index contributed by atoms with van der Waals surface area (Å²) in [5, 5.41) is 2.63. The van der Waals surface area contributed by atoms with Crippen LogP contribution in [0.25, 0.3) is 55.3 Å². The molecule has 45 heavy (non-hydrogen) atoms. The highest BCUT2D eigenvalue weighted by atomic mass is 79.9. The maximum atomic E-state index is 3.73. The van der Waals surface area contributed by atoms with Crippen molar-refractivity contribution in [3.8, 4) is 44.5 Å². The first-order valence-corrected chi connectivity index (χ1v) is 16.6. The minimum Gasteiger partial charge on any atom is -0.0619 e. The van der Waals surface area contributed by atoms with Crippen LogP contribution in [-0.4, -0.2) is 0 Å². The van der Waals surface area contributed by atoms with E-state index in [9.17, 15) is 0 Å². The van der Waals surface area contributed by atoms with Gasteiger partial charge in [0.1, 0.15) is 0 Å². The molecule has 0 aliphatic heterocycles. The van der Waals surface area contributed by atoms with Gasteiger partial charge in [0.05, 0.1) is 5.41 Å². The van der Waals surface area contributed by atoms with Crippen LogP contribution in [0, 0.1) is 0 Å². The van der Waals surface area contributed by atoms with Crippen LogP contribution in [0.2, 0.25) is 0 Å². The van der Waals surface area contributed by atoms with Crippen molar-refractivity contribution in [2.24, 2.45) is 0 Å². The molecule has 0 N–H and O–H groups in total. The van der Waals surface area contributed by atoms with Crippen molar-refractivity contribution in [1.29, 1.82) is 0 Å². The van der Waals surface area contributed by atoms with Crippen LogP contribution in [-0.2, 0) is 10.8 Å². The average molecular weight is 638 g/mol. The summed E-state index contributed by atoms with van der Waals surface area (Å²) in [6.07, 6.45) is 0. The Hall–Kier alpha value is -4.72. The van der Waals surface area contributed by atoms with Gasteiger partial charge < -0.3 is 0 Å². The summed E-state index contributed by atoms with van der Waals surface area (Å²) >= 11 is 3.73. The highest BCUT2D eigenvalue weighted by molar-refractivity contribution is 9.10. The molecule has 1 heteroatoms. The Labute approximate surface area is 272 Å². The van der Waals surface area contributed by atoms with E-state index in [1.807, 2.05) is 0 Å². The van der Waals surface area contributed by atoms with Crippen LogP contribution in [0.3, 0.4) is 0 Å². The van der Waals surface area contributed by atoms with Crippen LogP contribution in [0.1, 0.15) is 47.2 Å². The molecule has 0 amide bonds. The molecule has 10 rings (SSSR count). The van der Waals surface area contributed by atoms with Crippen molar-refractivity contribution in [2.75, 3.05) is 0 Å². The first-order chi connectivity index (χ1) is 22.0. The van der Waals surface area contributed by atoms with Crippen molar-refractivity contribution < 1.29 is 0 Å². The van der Waals surface area contributed by atoms with E-state index in [4.69, 9.17) is 0 Å². The summed E-state index contributed by atoms with van der Waals surface area (Å²) < 4.78 is 1.13. The van der Waals surface area contributed by atoms with Gasteiger partial charge in [-0.3, -0.25) is 0 Å². The summed E-state index contributed by atoms with van der Waals surface area (Å²) in [5.74, 6) is 0. The summed E-state index contributed by atoms with van der Waals surface area (Å²) in [5.41, 5.74) is 18.6. The SMILES string of the molecule is CC1(C)c2cc(Br)ccc2-c2ccc(-c3cccc4ccc5c(c34)-c3ccccc3C53c4ccccc4-c4ccccc43)cc21. The topological polar surface area (TPSA) is 0 Å². The Bertz CT molecular complexity index is 2380. The lowest BCUT2D eigenvalue weighted by molar-refractivity contribution is 0.660. The standard InChI is InChI=1S/C44H29Br/c1-43(2)39-24-27(18-21-32(39)33-22-20-28(45)25-40(33)43)29-14-9-10-26-19-23-38-42(41(26)29)34-13-5-8-17-37(34)44(38)35-15-6-3-11-30(35)31-12-4-7-16-36(31)44/h3-25H,1-2H3. The van der Waals surface area contributed by atoms with Gasteiger partial charge in [0.25, 0.3) is 0 Å². The Kier molecular flexibility index (Phi) is 4.95. The number of hydrogen-bond acceptors (Lipinski definition) is 0. The Morgan fingerprint density at radius 1 is 0.422 bits per heavy atom. The van der Waals surface area contributed by atoms with E-state index in [1.165, 1.54) is 88.7 Å². The quantitative estimate of drug-likeness (QED) is 0.168. The molecule has 3 aliphatic carbocycles. The first-order valence-electron chi connectivity index (χ1n) is 15.8. The number of benzene rings is 7. The molecule has 7 aromatic rings. The predicted molar refractivity (Wildman–Crippen MR) is 191 cm³/mol. The van der Waals surface area contributed by atoms with Gasteiger partial charge in [0.15, 0.2) is 0 Å². The third kappa shape index (κ3) is 3.07. The van der Waals surface area contributed by atoms with E-state index in [0.717, 1.165) is 4.47 Å². The van der Waals surface area contributed by atoms with Crippen LogP contribution in [0.5, 0.6) is 0 Å². The maximum Gasteiger partial charge on any atom is 0.0725 e. The largest absolute Gasteiger partial charge is 0.0725 e. The Morgan fingerprint density at radius 2 is 0.978 bits per heavy atom. The fourth-order valence-corrected chi connectivity index (χ4v) is 9.44. The summed E-state index contributed by atoms with van der Waals surface area (Å²) in [6.45, 7) is 4.73. The fourth-order valence-electron chi connectivity index (χ4n) is 9.08. The summed E-state index contributed by atoms with van der Waals surface area (Å²) in [6, 6.07) is 52.8. The van der Waals surface area contributed by atoms with E-state index in [-0.39, 0.29) is 10.8 Å². The predicted octanol–water partition coefficient (Wildman–Crippen LogP) is 11.9. The molecule has 0 bridgehead atoms. The minimum absolute atomic E-state index is 0.0785. The molecule has 0 atom stereocenters. The van der Waals surface area contributed by atoms with E-state index in [2.05, 4.69) is 169 Å². The highest BCUT2D eigenvalue weighted by Gasteiger charge is 2.52. The fraction of sp³-hybridized carbons (Fsp3) is 0.0909. The molecule has 7 aromatic carbocycles. The van der Waals surface area contributed by atoms with Crippen LogP contribution < -0.4 is 0 Å². The highest BCUT2D eigenvalue weighted by Crippen LogP contribution is 2.64. The van der Waals surface area contributed by atoms with E-state index in [0.29, 0.717) is 0 Å². The number of fused-ring (bicyclic) bond motifs is 15. The van der Waals surface area contributed by atoms with Crippen molar-refractivity contribution in [3.63, 3.8) is 0 Å². The summed E-state index contributed by atoms with van der Waals surface area (Å²) in [7, 11) is 0. The van der Waals surface area contributed by atoms with E-state index >= 15 is 0 Å². The minimum atomic E-state index is -0.338. The third-order valence-electron chi connectivity index (χ3n) is 11.0. The second-order valence-electron chi connectivity index (χ2n) is 13.4. The molecule has 1 spiro atoms. The molecule has 0 saturated heterocycles. The molecule has 0 fully saturated rings. The molecule has 212 valence electrons. The maximum absolute atomic E-state index is 3.73. The lowest BCUT2D eigenvalue weighted by atomic mass is 9.70. The molecule has 0 aromatic heterocycles. The van der Waals surface area contributed by atoms with Crippen molar-refractivity contribution >= 4 is 26.7 Å². The second-order valence-corrected chi connectivity index (χ2v) is 14.3. The summed E-state index contributed by atoms with van der Waals surface area (Å²) in [4.78, 5) is 0. The average Bonchev–Trinajstić information content (AvgIpc) is 3.63. The van der Waals surface area contributed by atoms with Crippen LogP contribution in [0.4, 0.5) is 0 Å². The van der Waals surface area contributed by atoms with Gasteiger partial charge in [-0.1, -0.05) is 151 Å². The molecule has 0 unspecified atom stereocenters. The van der Waals surface area contributed by atoms with Gasteiger partial charge in [0.2, 0.25) is 0 Å². The lowest BCUT2D eigenvalue weighted by Gasteiger charge is -2.30. The number of hydrogen-bond donors (Lipinski definition) is 0. The Balaban J connectivity index is 1.29. The zero-order valence-electron chi connectivity index (χ0n) is 25.2. The number of rotatable bonds is 1. The van der Waals surface area contributed by atoms with Crippen molar-refractivity contribution in [1.82, 2.24) is 0 Å². The molecular weight excluding hydrogens is 608 g/mol. The van der Waals surface area contributed by atoms with Gasteiger partial charge >= 0.3 is 0 Å². The normalized spacial score (nSPS) is 15.4. The van der Waals surface area contributed by atoms with Crippen molar-refractivity contribution in [3.05, 3.63) is 177 Å². The molecule has 0 nitrogen and oxygen atoms in total. The molecule has 3 aliphatic rings. The molecule has 0 heterocycles. The first kappa shape index (κ1) is 25.6. The van der Waals surface area contributed by atoms with Gasteiger partial charge in [-0.2, -0.15) is 0 Å². The zero-order chi connectivity index (χ0) is 30.1. The zero-order valence-corrected chi connectivity index (χ0v) is 26.7. The smallest absolute Gasteiger partial charge is 0.0619 e. The van der Waals surface area contributed by atoms with E-state index < -0.39 is 0 Å². The lowest BCUT2D eigenvalue weighted by Crippen LogP contribution is -2.25. The Morgan fingerprint density at radius 3 is 1.69 bits per heavy atom. The molecule has 0 radical (unpaired) electrons. The van der Waals surface area contributed by atoms with Gasteiger partial charge in [-0.05, 0) is 107 Å². The molecular formula is C44H29Br. The number of halogens is 1.